The minimum absolute atomic E-state index is 0.255. The number of anilines is 1. The van der Waals surface area contributed by atoms with Crippen LogP contribution in [0.3, 0.4) is 0 Å². The van der Waals surface area contributed by atoms with Gasteiger partial charge in [-0.05, 0) is 18.2 Å². The fraction of sp³-hybridized carbons (Fsp3) is 0.0909. The van der Waals surface area contributed by atoms with Gasteiger partial charge in [0, 0.05) is 16.8 Å². The Kier molecular flexibility index (Phi) is 3.30. The third-order valence-electron chi connectivity index (χ3n) is 2.17. The molecule has 0 saturated heterocycles. The quantitative estimate of drug-likeness (QED) is 0.816. The second kappa shape index (κ2) is 4.88. The second-order valence-electron chi connectivity index (χ2n) is 3.39. The van der Waals surface area contributed by atoms with Gasteiger partial charge in [0.1, 0.15) is 0 Å². The molecule has 1 aromatic heterocycles. The summed E-state index contributed by atoms with van der Waals surface area (Å²) in [4.78, 5) is 11.8. The highest BCUT2D eigenvalue weighted by molar-refractivity contribution is 6.31. The van der Waals surface area contributed by atoms with E-state index in [2.05, 4.69) is 10.5 Å². The van der Waals surface area contributed by atoms with Gasteiger partial charge in [-0.3, -0.25) is 4.79 Å². The molecule has 0 radical (unpaired) electrons. The SMILES string of the molecule is Nc1ccc(Cl)cc1C(=O)NCc1ccno1. The average Bonchev–Trinajstić information content (AvgIpc) is 2.82. The van der Waals surface area contributed by atoms with Crippen molar-refractivity contribution < 1.29 is 9.32 Å². The number of rotatable bonds is 3. The van der Waals surface area contributed by atoms with Crippen molar-refractivity contribution in [3.63, 3.8) is 0 Å². The Morgan fingerprint density at radius 2 is 2.29 bits per heavy atom. The molecule has 5 nitrogen and oxygen atoms in total. The third kappa shape index (κ3) is 2.76. The van der Waals surface area contributed by atoms with Crippen LogP contribution >= 0.6 is 11.6 Å². The Hall–Kier alpha value is -2.01. The zero-order valence-corrected chi connectivity index (χ0v) is 9.57. The van der Waals surface area contributed by atoms with E-state index in [4.69, 9.17) is 21.9 Å². The standard InChI is InChI=1S/C11H10ClN3O2/c12-7-1-2-10(13)9(5-7)11(16)14-6-8-3-4-15-17-8/h1-5H,6,13H2,(H,14,16). The van der Waals surface area contributed by atoms with Crippen LogP contribution in [-0.4, -0.2) is 11.1 Å². The van der Waals surface area contributed by atoms with E-state index in [1.165, 1.54) is 12.3 Å². The third-order valence-corrected chi connectivity index (χ3v) is 2.41. The smallest absolute Gasteiger partial charge is 0.253 e. The first-order chi connectivity index (χ1) is 8.16. The van der Waals surface area contributed by atoms with Crippen molar-refractivity contribution in [2.24, 2.45) is 0 Å². The number of nitrogen functional groups attached to an aromatic ring is 1. The fourth-order valence-electron chi connectivity index (χ4n) is 1.32. The number of carbonyl (C=O) groups is 1. The normalized spacial score (nSPS) is 10.2. The maximum Gasteiger partial charge on any atom is 0.253 e. The number of nitrogens with two attached hydrogens (primary N) is 1. The molecule has 2 rings (SSSR count). The lowest BCUT2D eigenvalue weighted by molar-refractivity contribution is 0.0948. The van der Waals surface area contributed by atoms with Crippen LogP contribution in [0.4, 0.5) is 5.69 Å². The highest BCUT2D eigenvalue weighted by Crippen LogP contribution is 2.17. The van der Waals surface area contributed by atoms with E-state index >= 15 is 0 Å². The molecule has 0 fully saturated rings. The molecule has 0 spiro atoms. The average molecular weight is 252 g/mol. The number of benzene rings is 1. The lowest BCUT2D eigenvalue weighted by Crippen LogP contribution is -2.23. The molecule has 0 aliphatic rings. The molecule has 0 bridgehead atoms. The summed E-state index contributed by atoms with van der Waals surface area (Å²) < 4.78 is 4.85. The topological polar surface area (TPSA) is 81.2 Å². The summed E-state index contributed by atoms with van der Waals surface area (Å²) >= 11 is 5.80. The van der Waals surface area contributed by atoms with Gasteiger partial charge in [0.15, 0.2) is 5.76 Å². The van der Waals surface area contributed by atoms with Crippen molar-refractivity contribution in [1.29, 1.82) is 0 Å². The van der Waals surface area contributed by atoms with Crippen LogP contribution in [0.1, 0.15) is 16.1 Å². The monoisotopic (exact) mass is 251 g/mol. The van der Waals surface area contributed by atoms with Crippen molar-refractivity contribution >= 4 is 23.2 Å². The van der Waals surface area contributed by atoms with Crippen molar-refractivity contribution in [2.75, 3.05) is 5.73 Å². The number of halogens is 1. The number of nitrogens with zero attached hydrogens (tertiary/aromatic N) is 1. The number of hydrogen-bond donors (Lipinski definition) is 2. The molecular formula is C11H10ClN3O2. The van der Waals surface area contributed by atoms with Gasteiger partial charge in [-0.1, -0.05) is 16.8 Å². The Bertz CT molecular complexity index is 526. The first kappa shape index (κ1) is 11.5. The number of nitrogens with one attached hydrogen (secondary N) is 1. The van der Waals surface area contributed by atoms with Gasteiger partial charge in [0.05, 0.1) is 18.3 Å². The maximum atomic E-state index is 11.8. The Balaban J connectivity index is 2.07. The molecule has 2 aromatic rings. The molecule has 1 amide bonds. The number of aromatic nitrogens is 1. The molecular weight excluding hydrogens is 242 g/mol. The van der Waals surface area contributed by atoms with E-state index in [-0.39, 0.29) is 12.5 Å². The number of carbonyl (C=O) groups excluding carboxylic acids is 1. The summed E-state index contributed by atoms with van der Waals surface area (Å²) in [5.41, 5.74) is 6.41. The Labute approximate surface area is 103 Å². The largest absolute Gasteiger partial charge is 0.398 e. The first-order valence-electron chi connectivity index (χ1n) is 4.89. The van der Waals surface area contributed by atoms with Gasteiger partial charge in [-0.2, -0.15) is 0 Å². The van der Waals surface area contributed by atoms with E-state index in [1.54, 1.807) is 18.2 Å². The highest BCUT2D eigenvalue weighted by Gasteiger charge is 2.10. The van der Waals surface area contributed by atoms with Crippen LogP contribution in [0.25, 0.3) is 0 Å². The molecule has 17 heavy (non-hydrogen) atoms. The lowest BCUT2D eigenvalue weighted by atomic mass is 10.1. The van der Waals surface area contributed by atoms with Gasteiger partial charge >= 0.3 is 0 Å². The molecule has 1 heterocycles. The molecule has 0 aliphatic heterocycles. The van der Waals surface area contributed by atoms with Crippen LogP contribution in [0.5, 0.6) is 0 Å². The van der Waals surface area contributed by atoms with Crippen molar-refractivity contribution in [2.45, 2.75) is 6.54 Å². The summed E-state index contributed by atoms with van der Waals surface area (Å²) in [6.07, 6.45) is 1.51. The van der Waals surface area contributed by atoms with Gasteiger partial charge in [0.2, 0.25) is 0 Å². The van der Waals surface area contributed by atoms with Crippen molar-refractivity contribution in [1.82, 2.24) is 10.5 Å². The lowest BCUT2D eigenvalue weighted by Gasteiger charge is -2.06. The molecule has 88 valence electrons. The predicted molar refractivity (Wildman–Crippen MR) is 63.5 cm³/mol. The van der Waals surface area contributed by atoms with Crippen LogP contribution in [0.2, 0.25) is 5.02 Å². The van der Waals surface area contributed by atoms with Crippen molar-refractivity contribution in [3.8, 4) is 0 Å². The summed E-state index contributed by atoms with van der Waals surface area (Å²) in [7, 11) is 0. The zero-order valence-electron chi connectivity index (χ0n) is 8.81. The maximum absolute atomic E-state index is 11.8. The van der Waals surface area contributed by atoms with E-state index in [0.29, 0.717) is 22.0 Å². The molecule has 6 heteroatoms. The van der Waals surface area contributed by atoms with Gasteiger partial charge in [-0.25, -0.2) is 0 Å². The molecule has 3 N–H and O–H groups in total. The van der Waals surface area contributed by atoms with E-state index in [9.17, 15) is 4.79 Å². The van der Waals surface area contributed by atoms with Crippen LogP contribution in [-0.2, 0) is 6.54 Å². The molecule has 1 aromatic carbocycles. The Morgan fingerprint density at radius 1 is 1.47 bits per heavy atom. The summed E-state index contributed by atoms with van der Waals surface area (Å²) in [5.74, 6) is 0.264. The minimum Gasteiger partial charge on any atom is -0.398 e. The number of hydrogen-bond acceptors (Lipinski definition) is 4. The molecule has 0 atom stereocenters. The summed E-state index contributed by atoms with van der Waals surface area (Å²) in [6.45, 7) is 0.255. The highest BCUT2D eigenvalue weighted by atomic mass is 35.5. The molecule has 0 aliphatic carbocycles. The van der Waals surface area contributed by atoms with Gasteiger partial charge in [0.25, 0.3) is 5.91 Å². The molecule has 0 saturated carbocycles. The summed E-state index contributed by atoms with van der Waals surface area (Å²) in [5, 5.41) is 6.65. The van der Waals surface area contributed by atoms with E-state index in [0.717, 1.165) is 0 Å². The van der Waals surface area contributed by atoms with Gasteiger partial charge < -0.3 is 15.6 Å². The second-order valence-corrected chi connectivity index (χ2v) is 3.83. The number of amides is 1. The first-order valence-corrected chi connectivity index (χ1v) is 5.27. The Morgan fingerprint density at radius 3 is 3.00 bits per heavy atom. The van der Waals surface area contributed by atoms with Gasteiger partial charge in [-0.15, -0.1) is 0 Å². The fourth-order valence-corrected chi connectivity index (χ4v) is 1.49. The van der Waals surface area contributed by atoms with Crippen molar-refractivity contribution in [3.05, 3.63) is 46.8 Å². The van der Waals surface area contributed by atoms with Crippen LogP contribution < -0.4 is 11.1 Å². The van der Waals surface area contributed by atoms with E-state index < -0.39 is 0 Å². The minimum atomic E-state index is -0.304. The van der Waals surface area contributed by atoms with Crippen LogP contribution in [0.15, 0.2) is 35.0 Å². The molecule has 0 unspecified atom stereocenters. The van der Waals surface area contributed by atoms with Crippen LogP contribution in [0, 0.1) is 0 Å². The zero-order chi connectivity index (χ0) is 12.3. The summed E-state index contributed by atoms with van der Waals surface area (Å²) in [6, 6.07) is 6.41. The van der Waals surface area contributed by atoms with E-state index in [1.807, 2.05) is 0 Å². The predicted octanol–water partition coefficient (Wildman–Crippen LogP) is 1.84.